The summed E-state index contributed by atoms with van der Waals surface area (Å²) in [5.41, 5.74) is 13.4. The van der Waals surface area contributed by atoms with E-state index in [1.807, 2.05) is 158 Å². The van der Waals surface area contributed by atoms with E-state index in [2.05, 4.69) is 20.5 Å². The lowest BCUT2D eigenvalue weighted by Gasteiger charge is -2.21. The third-order valence-electron chi connectivity index (χ3n) is 13.5. The molecule has 10 aromatic rings. The van der Waals surface area contributed by atoms with Crippen molar-refractivity contribution in [2.75, 3.05) is 6.61 Å². The third kappa shape index (κ3) is 21.1. The highest BCUT2D eigenvalue weighted by Crippen LogP contribution is 2.25. The number of nitrogens with zero attached hydrogens (tertiary/aromatic N) is 3. The molecule has 0 aliphatic heterocycles. The quantitative estimate of drug-likeness (QED) is 0.0311. The number of nitrogens with one attached hydrogen (secondary N) is 3. The number of carbonyl (C=O) groups excluding carboxylic acids is 3. The molecule has 4 atom stereocenters. The number of para-hydroxylation sites is 1. The van der Waals surface area contributed by atoms with Crippen LogP contribution in [0.1, 0.15) is 63.0 Å². The molecule has 19 nitrogen and oxygen atoms in total. The molecule has 0 bridgehead atoms. The van der Waals surface area contributed by atoms with Crippen molar-refractivity contribution in [1.82, 2.24) is 29.9 Å². The maximum atomic E-state index is 13.2. The van der Waals surface area contributed by atoms with Crippen LogP contribution in [0.15, 0.2) is 234 Å². The monoisotopic (exact) mass is 1260 g/mol. The van der Waals surface area contributed by atoms with Crippen LogP contribution in [-0.4, -0.2) is 99.7 Å². The van der Waals surface area contributed by atoms with E-state index in [0.717, 1.165) is 55.3 Å². The van der Waals surface area contributed by atoms with Gasteiger partial charge in [0, 0.05) is 46.9 Å². The van der Waals surface area contributed by atoms with Gasteiger partial charge in [-0.2, -0.15) is 0 Å². The molecule has 21 heteroatoms. The summed E-state index contributed by atoms with van der Waals surface area (Å²) in [5, 5.41) is 47.2. The molecule has 0 saturated carbocycles. The van der Waals surface area contributed by atoms with Crippen LogP contribution in [0.4, 0.5) is 0 Å². The van der Waals surface area contributed by atoms with E-state index in [1.54, 1.807) is 55.5 Å². The van der Waals surface area contributed by atoms with E-state index in [9.17, 15) is 39.0 Å². The van der Waals surface area contributed by atoms with Gasteiger partial charge in [-0.1, -0.05) is 181 Å². The summed E-state index contributed by atoms with van der Waals surface area (Å²) in [6.45, 7) is 2.10. The number of H-pyrrole nitrogens is 2. The Balaban J connectivity index is 0.000000203. The fourth-order valence-corrected chi connectivity index (χ4v) is 9.35. The van der Waals surface area contributed by atoms with Crippen LogP contribution in [0.2, 0.25) is 10.0 Å². The van der Waals surface area contributed by atoms with Crippen LogP contribution >= 0.6 is 23.2 Å². The minimum Gasteiger partial charge on any atom is -0.477 e. The second kappa shape index (κ2) is 34.5. The predicted octanol–water partition coefficient (Wildman–Crippen LogP) is 9.95. The molecule has 90 heavy (non-hydrogen) atoms. The Labute approximate surface area is 528 Å². The van der Waals surface area contributed by atoms with Gasteiger partial charge in [-0.3, -0.25) is 24.6 Å². The van der Waals surface area contributed by atoms with Gasteiger partial charge in [0.15, 0.2) is 18.0 Å². The molecule has 1 amide bonds. The number of ether oxygens (including phenoxy) is 2. The lowest BCUT2D eigenvalue weighted by molar-refractivity contribution is -0.155. The first kappa shape index (κ1) is 67.5. The number of halogens is 2. The van der Waals surface area contributed by atoms with Gasteiger partial charge in [0.2, 0.25) is 0 Å². The Kier molecular flexibility index (Phi) is 25.9. The molecule has 3 aromatic heterocycles. The zero-order valence-electron chi connectivity index (χ0n) is 48.9. The van der Waals surface area contributed by atoms with Gasteiger partial charge in [0.25, 0.3) is 17.0 Å². The maximum absolute atomic E-state index is 13.2. The Morgan fingerprint density at radius 2 is 1.06 bits per heavy atom. The second-order valence-corrected chi connectivity index (χ2v) is 21.1. The summed E-state index contributed by atoms with van der Waals surface area (Å²) in [6.07, 6.45) is -0.186. The van der Waals surface area contributed by atoms with Gasteiger partial charge in [0.05, 0.1) is 18.9 Å². The molecule has 0 spiro atoms. The van der Waals surface area contributed by atoms with Crippen LogP contribution in [0.3, 0.4) is 0 Å². The number of carboxylic acid groups (broad SMARTS) is 1. The lowest BCUT2D eigenvalue weighted by Crippen LogP contribution is -2.41. The number of nitrogens with two attached hydrogens (primary N) is 1. The molecule has 7 aromatic carbocycles. The largest absolute Gasteiger partial charge is 0.477 e. The Morgan fingerprint density at radius 3 is 1.57 bits per heavy atom. The lowest BCUT2D eigenvalue weighted by atomic mass is 9.97. The Bertz CT molecular complexity index is 4000. The van der Waals surface area contributed by atoms with Crippen molar-refractivity contribution in [3.05, 3.63) is 289 Å². The van der Waals surface area contributed by atoms with E-state index in [4.69, 9.17) is 48.6 Å². The van der Waals surface area contributed by atoms with Crippen molar-refractivity contribution < 1.29 is 49.1 Å². The first-order valence-corrected chi connectivity index (χ1v) is 29.2. The second-order valence-electron chi connectivity index (χ2n) is 20.3. The minimum absolute atomic E-state index is 0.0121. The maximum Gasteiger partial charge on any atom is 0.353 e. The first-order chi connectivity index (χ1) is 43.5. The molecule has 0 unspecified atom stereocenters. The molecule has 3 heterocycles. The van der Waals surface area contributed by atoms with Crippen molar-refractivity contribution >= 4 is 47.0 Å². The normalized spacial score (nSPS) is 11.9. The number of pyridine rings is 1. The van der Waals surface area contributed by atoms with Gasteiger partial charge in [-0.15, -0.1) is 0 Å². The molecular formula is C69H67Cl2N7O12. The van der Waals surface area contributed by atoms with E-state index < -0.39 is 53.2 Å². The van der Waals surface area contributed by atoms with Crippen molar-refractivity contribution in [2.45, 2.75) is 70.1 Å². The van der Waals surface area contributed by atoms with Gasteiger partial charge < -0.3 is 41.0 Å². The van der Waals surface area contributed by atoms with Crippen LogP contribution in [-0.2, 0) is 45.1 Å². The number of aromatic amines is 2. The molecule has 0 radical (unpaired) electrons. The first-order valence-electron chi connectivity index (χ1n) is 28.4. The molecule has 0 fully saturated rings. The number of amides is 1. The molecule has 9 N–H and O–H groups in total. The molecule has 0 saturated heterocycles. The van der Waals surface area contributed by atoms with Crippen molar-refractivity contribution in [2.24, 2.45) is 5.73 Å². The van der Waals surface area contributed by atoms with E-state index >= 15 is 0 Å². The fourth-order valence-electron chi connectivity index (χ4n) is 8.97. The average molecular weight is 1260 g/mol. The number of rotatable bonds is 21. The SMILES string of the molecule is CCOC(=O)[C@H](O)C[C@H](N)Cc1ccc(-c2cccc(Cl)c2)cc1.O=C(N[C@H](Cc1ccc(-c2cccc(Cl)c2)cc1)C[C@@H](O)C(=O)OCc1ccccc1)c1cc(=O)n(-c2ccccn2)[nH]1.O=C(O)c1cc(=O)n(-c2ccccc2)[nH]1.OCc1ccccc1. The standard InChI is InChI=1S/C33H29ClN4O5.C19H22ClNO3.C10H8N2O3.C7H8O/c34-26-10-6-9-25(18-26)24-14-12-22(13-15-24)17-27(19-29(39)33(42)43-21-23-7-2-1-3-8-23)36-32(41)28-20-31(40)38(37-28)30-11-4-5-16-35-30;1-2-24-19(23)18(22)12-17(21)10-13-6-8-14(9-7-13)15-4-3-5-16(20)11-15;13-9-6-8(10(14)15)11-12(9)7-4-2-1-3-5-7;8-6-7-4-2-1-3-5-7/h1-16,18,20,27,29,37,39H,17,19,21H2,(H,36,41);3-9,11,17-18,22H,2,10,12,21H2,1H3;1-6,11H,(H,14,15);1-5,8H,6H2/t27-,29-;17-,18-;;/m11../s1. The van der Waals surface area contributed by atoms with E-state index in [0.29, 0.717) is 34.4 Å². The zero-order valence-corrected chi connectivity index (χ0v) is 50.4. The van der Waals surface area contributed by atoms with Crippen LogP contribution in [0, 0.1) is 0 Å². The molecule has 10 rings (SSSR count). The molecule has 464 valence electrons. The van der Waals surface area contributed by atoms with Crippen LogP contribution in [0.25, 0.3) is 33.8 Å². The van der Waals surface area contributed by atoms with E-state index in [1.165, 1.54) is 16.9 Å². The number of aliphatic hydroxyl groups is 3. The number of benzene rings is 7. The minimum atomic E-state index is -1.49. The topological polar surface area (TPSA) is 294 Å². The molecule has 0 aliphatic rings. The van der Waals surface area contributed by atoms with Gasteiger partial charge >= 0.3 is 17.9 Å². The highest BCUT2D eigenvalue weighted by Gasteiger charge is 2.26. The number of hydrogen-bond donors (Lipinski definition) is 8. The summed E-state index contributed by atoms with van der Waals surface area (Å²) in [7, 11) is 0. The molecular weight excluding hydrogens is 1190 g/mol. The van der Waals surface area contributed by atoms with Gasteiger partial charge in [-0.25, -0.2) is 28.7 Å². The summed E-state index contributed by atoms with van der Waals surface area (Å²) in [6, 6.07) is 64.6. The number of aromatic carboxylic acids is 1. The average Bonchev–Trinajstić information content (AvgIpc) is 2.93. The number of aliphatic hydroxyl groups excluding tert-OH is 3. The number of hydrogen-bond acceptors (Lipinski definition) is 13. The zero-order chi connectivity index (χ0) is 64.4. The van der Waals surface area contributed by atoms with Crippen molar-refractivity contribution in [1.29, 1.82) is 0 Å². The highest BCUT2D eigenvalue weighted by molar-refractivity contribution is 6.31. The van der Waals surface area contributed by atoms with Gasteiger partial charge in [-0.05, 0) is 119 Å². The number of carbonyl (C=O) groups is 4. The molecule has 0 aliphatic carbocycles. The third-order valence-corrected chi connectivity index (χ3v) is 13.9. The highest BCUT2D eigenvalue weighted by atomic mass is 35.5. The smallest absolute Gasteiger partial charge is 0.353 e. The summed E-state index contributed by atoms with van der Waals surface area (Å²) < 4.78 is 12.4. The number of aromatic nitrogens is 5. The fraction of sp³-hybridized carbons (Fsp3) is 0.174. The number of carboxylic acids is 1. The van der Waals surface area contributed by atoms with Crippen LogP contribution < -0.4 is 22.2 Å². The Morgan fingerprint density at radius 1 is 0.556 bits per heavy atom. The number of esters is 2. The summed E-state index contributed by atoms with van der Waals surface area (Å²) in [5.74, 6) is -2.81. The Hall–Kier alpha value is -9.99. The summed E-state index contributed by atoms with van der Waals surface area (Å²) >= 11 is 12.2. The van der Waals surface area contributed by atoms with E-state index in [-0.39, 0.29) is 50.1 Å². The van der Waals surface area contributed by atoms with Gasteiger partial charge in [0.1, 0.15) is 18.0 Å². The predicted molar refractivity (Wildman–Crippen MR) is 344 cm³/mol. The van der Waals surface area contributed by atoms with Crippen molar-refractivity contribution in [3.8, 4) is 33.8 Å². The van der Waals surface area contributed by atoms with Crippen molar-refractivity contribution in [3.63, 3.8) is 0 Å². The summed E-state index contributed by atoms with van der Waals surface area (Å²) in [4.78, 5) is 76.0. The van der Waals surface area contributed by atoms with Crippen LogP contribution in [0.5, 0.6) is 0 Å².